The minimum absolute atomic E-state index is 0.0531. The van der Waals surface area contributed by atoms with Crippen LogP contribution in [0.1, 0.15) is 23.2 Å². The average molecular weight is 319 g/mol. The van der Waals surface area contributed by atoms with Crippen LogP contribution < -0.4 is 10.6 Å². The molecule has 1 aromatic heterocycles. The number of H-pyrrole nitrogens is 1. The molecule has 0 bridgehead atoms. The molecule has 1 aliphatic rings. The molecule has 0 radical (unpaired) electrons. The third kappa shape index (κ3) is 2.81. The van der Waals surface area contributed by atoms with Crippen molar-refractivity contribution in [3.63, 3.8) is 0 Å². The van der Waals surface area contributed by atoms with Gasteiger partial charge in [-0.25, -0.2) is 0 Å². The Morgan fingerprint density at radius 1 is 1.17 bits per heavy atom. The summed E-state index contributed by atoms with van der Waals surface area (Å²) < 4.78 is 0. The number of fused-ring (bicyclic) bond motifs is 2. The van der Waals surface area contributed by atoms with E-state index < -0.39 is 0 Å². The molecule has 4 rings (SSSR count). The Balaban J connectivity index is 1.50. The molecule has 1 aliphatic heterocycles. The van der Waals surface area contributed by atoms with Gasteiger partial charge in [-0.1, -0.05) is 30.3 Å². The van der Waals surface area contributed by atoms with Crippen molar-refractivity contribution in [2.24, 2.45) is 0 Å². The lowest BCUT2D eigenvalue weighted by Crippen LogP contribution is -2.39. The Kier molecular flexibility index (Phi) is 3.82. The number of aromatic nitrogens is 1. The van der Waals surface area contributed by atoms with Gasteiger partial charge in [0.1, 0.15) is 0 Å². The topological polar surface area (TPSA) is 56.9 Å². The van der Waals surface area contributed by atoms with Gasteiger partial charge >= 0.3 is 0 Å². The van der Waals surface area contributed by atoms with Gasteiger partial charge in [0.2, 0.25) is 5.91 Å². The van der Waals surface area contributed by atoms with Gasteiger partial charge in [-0.05, 0) is 49.1 Å². The molecule has 2 heterocycles. The van der Waals surface area contributed by atoms with Crippen LogP contribution in [0.15, 0.2) is 48.5 Å². The van der Waals surface area contributed by atoms with Crippen LogP contribution in [-0.4, -0.2) is 16.9 Å². The molecule has 1 atom stereocenters. The molecule has 3 aromatic rings. The normalized spacial score (nSPS) is 17.4. The number of para-hydroxylation sites is 1. The van der Waals surface area contributed by atoms with Crippen molar-refractivity contribution in [1.29, 1.82) is 0 Å². The number of nitrogens with one attached hydrogen (secondary N) is 3. The molecule has 0 aliphatic carbocycles. The van der Waals surface area contributed by atoms with E-state index in [1.807, 2.05) is 18.2 Å². The van der Waals surface area contributed by atoms with E-state index in [4.69, 9.17) is 0 Å². The number of aromatic amines is 1. The summed E-state index contributed by atoms with van der Waals surface area (Å²) in [6, 6.07) is 16.3. The lowest BCUT2D eigenvalue weighted by atomic mass is 10.1. The Morgan fingerprint density at radius 2 is 2.04 bits per heavy atom. The molecule has 1 amide bonds. The smallest absolute Gasteiger partial charge is 0.241 e. The van der Waals surface area contributed by atoms with E-state index in [9.17, 15) is 4.79 Å². The SMILES string of the molecule is Cc1cc2c(CNC3CCc4ccccc4NC3=O)cccc2[nH]1. The summed E-state index contributed by atoms with van der Waals surface area (Å²) in [5.74, 6) is 0.0531. The van der Waals surface area contributed by atoms with E-state index in [-0.39, 0.29) is 11.9 Å². The molecule has 0 saturated heterocycles. The molecular weight excluding hydrogens is 298 g/mol. The monoisotopic (exact) mass is 319 g/mol. The summed E-state index contributed by atoms with van der Waals surface area (Å²) in [5, 5.41) is 7.70. The molecule has 3 N–H and O–H groups in total. The van der Waals surface area contributed by atoms with Crippen molar-refractivity contribution in [3.8, 4) is 0 Å². The summed E-state index contributed by atoms with van der Waals surface area (Å²) >= 11 is 0. The van der Waals surface area contributed by atoms with Gasteiger partial charge in [0.25, 0.3) is 0 Å². The Labute approximate surface area is 141 Å². The number of rotatable bonds is 3. The highest BCUT2D eigenvalue weighted by Crippen LogP contribution is 2.23. The van der Waals surface area contributed by atoms with Gasteiger partial charge in [0.15, 0.2) is 0 Å². The van der Waals surface area contributed by atoms with Crippen molar-refractivity contribution in [3.05, 3.63) is 65.4 Å². The second-order valence-electron chi connectivity index (χ2n) is 6.45. The van der Waals surface area contributed by atoms with Gasteiger partial charge in [0.05, 0.1) is 6.04 Å². The fourth-order valence-electron chi connectivity index (χ4n) is 3.45. The lowest BCUT2D eigenvalue weighted by molar-refractivity contribution is -0.118. The minimum atomic E-state index is -0.173. The van der Waals surface area contributed by atoms with E-state index in [2.05, 4.69) is 52.9 Å². The first-order valence-electron chi connectivity index (χ1n) is 8.40. The van der Waals surface area contributed by atoms with Crippen LogP contribution in [0.4, 0.5) is 5.69 Å². The van der Waals surface area contributed by atoms with E-state index in [1.54, 1.807) is 0 Å². The van der Waals surface area contributed by atoms with E-state index in [0.717, 1.165) is 29.7 Å². The molecule has 2 aromatic carbocycles. The van der Waals surface area contributed by atoms with Crippen LogP contribution in [0, 0.1) is 6.92 Å². The third-order valence-electron chi connectivity index (χ3n) is 4.72. The Hall–Kier alpha value is -2.59. The first kappa shape index (κ1) is 15.0. The number of anilines is 1. The number of benzene rings is 2. The van der Waals surface area contributed by atoms with E-state index in [1.165, 1.54) is 16.5 Å². The highest BCUT2D eigenvalue weighted by molar-refractivity contribution is 5.96. The lowest BCUT2D eigenvalue weighted by Gasteiger charge is -2.15. The molecule has 0 fully saturated rings. The Morgan fingerprint density at radius 3 is 2.96 bits per heavy atom. The van der Waals surface area contributed by atoms with Crippen LogP contribution in [0.5, 0.6) is 0 Å². The molecular formula is C20H21N3O. The van der Waals surface area contributed by atoms with Gasteiger partial charge in [-0.2, -0.15) is 0 Å². The Bertz CT molecular complexity index is 897. The molecule has 0 saturated carbocycles. The number of hydrogen-bond donors (Lipinski definition) is 3. The predicted molar refractivity (Wildman–Crippen MR) is 97.1 cm³/mol. The second-order valence-corrected chi connectivity index (χ2v) is 6.45. The number of carbonyl (C=O) groups excluding carboxylic acids is 1. The molecule has 24 heavy (non-hydrogen) atoms. The molecule has 4 heteroatoms. The zero-order chi connectivity index (χ0) is 16.5. The highest BCUT2D eigenvalue weighted by atomic mass is 16.2. The summed E-state index contributed by atoms with van der Waals surface area (Å²) in [4.78, 5) is 15.8. The number of aryl methyl sites for hydroxylation is 2. The van der Waals surface area contributed by atoms with Crippen LogP contribution in [-0.2, 0) is 17.8 Å². The summed E-state index contributed by atoms with van der Waals surface area (Å²) in [5.41, 5.74) is 5.66. The zero-order valence-electron chi connectivity index (χ0n) is 13.7. The minimum Gasteiger partial charge on any atom is -0.359 e. The van der Waals surface area contributed by atoms with Crippen molar-refractivity contribution in [1.82, 2.24) is 10.3 Å². The summed E-state index contributed by atoms with van der Waals surface area (Å²) in [7, 11) is 0. The largest absolute Gasteiger partial charge is 0.359 e. The van der Waals surface area contributed by atoms with Crippen molar-refractivity contribution in [2.45, 2.75) is 32.4 Å². The first-order valence-corrected chi connectivity index (χ1v) is 8.40. The molecule has 1 unspecified atom stereocenters. The number of hydrogen-bond acceptors (Lipinski definition) is 2. The second kappa shape index (κ2) is 6.13. The summed E-state index contributed by atoms with van der Waals surface area (Å²) in [6.07, 6.45) is 1.71. The van der Waals surface area contributed by atoms with Crippen molar-refractivity contribution < 1.29 is 4.79 Å². The van der Waals surface area contributed by atoms with E-state index >= 15 is 0 Å². The van der Waals surface area contributed by atoms with Gasteiger partial charge in [-0.15, -0.1) is 0 Å². The quantitative estimate of drug-likeness (QED) is 0.692. The molecule has 122 valence electrons. The maximum absolute atomic E-state index is 12.5. The van der Waals surface area contributed by atoms with Crippen molar-refractivity contribution >= 4 is 22.5 Å². The fourth-order valence-corrected chi connectivity index (χ4v) is 3.45. The molecule has 4 nitrogen and oxygen atoms in total. The van der Waals surface area contributed by atoms with Crippen LogP contribution >= 0.6 is 0 Å². The maximum atomic E-state index is 12.5. The third-order valence-corrected chi connectivity index (χ3v) is 4.72. The van der Waals surface area contributed by atoms with Gasteiger partial charge < -0.3 is 15.6 Å². The van der Waals surface area contributed by atoms with Gasteiger partial charge in [-0.3, -0.25) is 4.79 Å². The van der Waals surface area contributed by atoms with E-state index in [0.29, 0.717) is 6.54 Å². The summed E-state index contributed by atoms with van der Waals surface area (Å²) in [6.45, 7) is 2.75. The van der Waals surface area contributed by atoms with Crippen LogP contribution in [0.25, 0.3) is 10.9 Å². The van der Waals surface area contributed by atoms with Crippen LogP contribution in [0.2, 0.25) is 0 Å². The molecule has 0 spiro atoms. The highest BCUT2D eigenvalue weighted by Gasteiger charge is 2.23. The van der Waals surface area contributed by atoms with Gasteiger partial charge in [0, 0.05) is 28.8 Å². The average Bonchev–Trinajstić information content (AvgIpc) is 2.88. The van der Waals surface area contributed by atoms with Crippen molar-refractivity contribution in [2.75, 3.05) is 5.32 Å². The number of amides is 1. The first-order chi connectivity index (χ1) is 11.7. The zero-order valence-corrected chi connectivity index (χ0v) is 13.7. The fraction of sp³-hybridized carbons (Fsp3) is 0.250. The van der Waals surface area contributed by atoms with Crippen LogP contribution in [0.3, 0.4) is 0 Å². The standard InChI is InChI=1S/C20H21N3O/c1-13-11-16-15(6-4-8-18(16)22-13)12-21-19-10-9-14-5-2-3-7-17(14)23-20(19)24/h2-8,11,19,21-22H,9-10,12H2,1H3,(H,23,24). The predicted octanol–water partition coefficient (Wildman–Crippen LogP) is 3.52. The maximum Gasteiger partial charge on any atom is 0.241 e. The number of carbonyl (C=O) groups is 1.